The minimum atomic E-state index is 0.179. The maximum atomic E-state index is 12.0. The smallest absolute Gasteiger partial charge is 0.224 e. The molecule has 1 aromatic heterocycles. The third-order valence-electron chi connectivity index (χ3n) is 2.61. The largest absolute Gasteiger partial charge is 0.336 e. The van der Waals surface area contributed by atoms with Gasteiger partial charge in [0.25, 0.3) is 0 Å². The first kappa shape index (κ1) is 13.6. The molecule has 1 aromatic rings. The molecule has 0 unspecified atom stereocenters. The molecule has 0 spiro atoms. The fourth-order valence-electron chi connectivity index (χ4n) is 1.62. The van der Waals surface area contributed by atoms with Gasteiger partial charge in [-0.05, 0) is 32.5 Å². The van der Waals surface area contributed by atoms with Gasteiger partial charge in [0, 0.05) is 37.9 Å². The summed E-state index contributed by atoms with van der Waals surface area (Å²) < 4.78 is 0. The Morgan fingerprint density at radius 1 is 1.53 bits per heavy atom. The molecule has 1 N–H and O–H groups in total. The third-order valence-corrected chi connectivity index (χ3v) is 2.61. The lowest BCUT2D eigenvalue weighted by Gasteiger charge is -2.26. The summed E-state index contributed by atoms with van der Waals surface area (Å²) in [6.07, 6.45) is 4.09. The Morgan fingerprint density at radius 2 is 2.29 bits per heavy atom. The van der Waals surface area contributed by atoms with Crippen molar-refractivity contribution in [3.05, 3.63) is 30.1 Å². The quantitative estimate of drug-likeness (QED) is 0.811. The molecule has 0 aliphatic carbocycles. The molecule has 0 bridgehead atoms. The molecular formula is C13H21N3O. The Morgan fingerprint density at radius 3 is 2.82 bits per heavy atom. The van der Waals surface area contributed by atoms with Crippen molar-refractivity contribution < 1.29 is 4.79 Å². The summed E-state index contributed by atoms with van der Waals surface area (Å²) in [7, 11) is 1.86. The van der Waals surface area contributed by atoms with Crippen LogP contribution < -0.4 is 5.32 Å². The molecule has 0 aliphatic rings. The highest BCUT2D eigenvalue weighted by Crippen LogP contribution is 2.08. The van der Waals surface area contributed by atoms with Crippen molar-refractivity contribution in [2.75, 3.05) is 13.6 Å². The van der Waals surface area contributed by atoms with Crippen LogP contribution >= 0.6 is 0 Å². The number of hydrogen-bond donors (Lipinski definition) is 1. The number of nitrogens with one attached hydrogen (secondary N) is 1. The maximum Gasteiger partial charge on any atom is 0.224 e. The summed E-state index contributed by atoms with van der Waals surface area (Å²) in [5.41, 5.74) is 1.07. The van der Waals surface area contributed by atoms with Crippen LogP contribution in [-0.4, -0.2) is 35.4 Å². The summed E-state index contributed by atoms with van der Waals surface area (Å²) in [5.74, 6) is 0.179. The van der Waals surface area contributed by atoms with E-state index >= 15 is 0 Å². The van der Waals surface area contributed by atoms with Gasteiger partial charge in [0.05, 0.1) is 0 Å². The van der Waals surface area contributed by atoms with Crippen molar-refractivity contribution in [3.63, 3.8) is 0 Å². The molecule has 0 aliphatic heterocycles. The fraction of sp³-hybridized carbons (Fsp3) is 0.538. The summed E-state index contributed by atoms with van der Waals surface area (Å²) in [6, 6.07) is 4.10. The SMILES string of the molecule is CNCCC(=O)N(Cc1cccnc1)C(C)C. The van der Waals surface area contributed by atoms with Crippen molar-refractivity contribution in [2.45, 2.75) is 32.9 Å². The van der Waals surface area contributed by atoms with E-state index in [1.165, 1.54) is 0 Å². The highest BCUT2D eigenvalue weighted by Gasteiger charge is 2.16. The molecule has 0 fully saturated rings. The Labute approximate surface area is 103 Å². The van der Waals surface area contributed by atoms with Crippen LogP contribution in [0.15, 0.2) is 24.5 Å². The number of carbonyl (C=O) groups excluding carboxylic acids is 1. The lowest BCUT2D eigenvalue weighted by molar-refractivity contribution is -0.133. The first-order valence-corrected chi connectivity index (χ1v) is 5.98. The molecule has 94 valence electrons. The zero-order valence-corrected chi connectivity index (χ0v) is 10.8. The molecule has 1 heterocycles. The number of carbonyl (C=O) groups is 1. The zero-order valence-electron chi connectivity index (χ0n) is 10.8. The highest BCUT2D eigenvalue weighted by atomic mass is 16.2. The Balaban J connectivity index is 2.63. The molecule has 17 heavy (non-hydrogen) atoms. The maximum absolute atomic E-state index is 12.0. The molecule has 1 rings (SSSR count). The average Bonchev–Trinajstić information content (AvgIpc) is 2.34. The van der Waals surface area contributed by atoms with E-state index in [0.29, 0.717) is 13.0 Å². The van der Waals surface area contributed by atoms with E-state index in [1.54, 1.807) is 12.4 Å². The van der Waals surface area contributed by atoms with Gasteiger partial charge in [-0.25, -0.2) is 0 Å². The van der Waals surface area contributed by atoms with Gasteiger partial charge in [0.15, 0.2) is 0 Å². The van der Waals surface area contributed by atoms with E-state index in [1.807, 2.05) is 37.9 Å². The summed E-state index contributed by atoms with van der Waals surface area (Å²) in [5, 5.41) is 3.00. The van der Waals surface area contributed by atoms with Crippen molar-refractivity contribution >= 4 is 5.91 Å². The Kier molecular flexibility index (Phi) is 5.63. The van der Waals surface area contributed by atoms with Crippen LogP contribution in [0.2, 0.25) is 0 Å². The molecule has 0 saturated carbocycles. The lowest BCUT2D eigenvalue weighted by Crippen LogP contribution is -2.37. The second-order valence-corrected chi connectivity index (χ2v) is 4.33. The van der Waals surface area contributed by atoms with E-state index in [0.717, 1.165) is 12.1 Å². The first-order chi connectivity index (χ1) is 8.15. The van der Waals surface area contributed by atoms with Crippen LogP contribution in [0.3, 0.4) is 0 Å². The van der Waals surface area contributed by atoms with Gasteiger partial charge in [-0.3, -0.25) is 9.78 Å². The molecule has 0 atom stereocenters. The van der Waals surface area contributed by atoms with Crippen LogP contribution in [0.4, 0.5) is 0 Å². The van der Waals surface area contributed by atoms with E-state index in [9.17, 15) is 4.79 Å². The van der Waals surface area contributed by atoms with Gasteiger partial charge < -0.3 is 10.2 Å². The molecule has 0 saturated heterocycles. The van der Waals surface area contributed by atoms with Crippen LogP contribution in [0.5, 0.6) is 0 Å². The number of aromatic nitrogens is 1. The Hall–Kier alpha value is -1.42. The van der Waals surface area contributed by atoms with E-state index in [-0.39, 0.29) is 11.9 Å². The van der Waals surface area contributed by atoms with Crippen molar-refractivity contribution in [1.29, 1.82) is 0 Å². The standard InChI is InChI=1S/C13H21N3O/c1-11(2)16(13(17)6-8-14-3)10-12-5-4-7-15-9-12/h4-5,7,9,11,14H,6,8,10H2,1-3H3. The highest BCUT2D eigenvalue weighted by molar-refractivity contribution is 5.76. The van der Waals surface area contributed by atoms with Crippen molar-refractivity contribution in [1.82, 2.24) is 15.2 Å². The topological polar surface area (TPSA) is 45.2 Å². The van der Waals surface area contributed by atoms with Crippen molar-refractivity contribution in [2.24, 2.45) is 0 Å². The molecule has 1 amide bonds. The van der Waals surface area contributed by atoms with Crippen LogP contribution in [0.25, 0.3) is 0 Å². The molecule has 0 aromatic carbocycles. The molecular weight excluding hydrogens is 214 g/mol. The number of pyridine rings is 1. The first-order valence-electron chi connectivity index (χ1n) is 5.98. The minimum absolute atomic E-state index is 0.179. The average molecular weight is 235 g/mol. The van der Waals surface area contributed by atoms with Crippen LogP contribution in [0.1, 0.15) is 25.8 Å². The molecule has 4 nitrogen and oxygen atoms in total. The van der Waals surface area contributed by atoms with Crippen molar-refractivity contribution in [3.8, 4) is 0 Å². The molecule has 0 radical (unpaired) electrons. The molecule has 4 heteroatoms. The summed E-state index contributed by atoms with van der Waals surface area (Å²) in [4.78, 5) is 18.0. The van der Waals surface area contributed by atoms with Crippen LogP contribution in [-0.2, 0) is 11.3 Å². The normalized spacial score (nSPS) is 10.6. The summed E-state index contributed by atoms with van der Waals surface area (Å²) >= 11 is 0. The number of amides is 1. The lowest BCUT2D eigenvalue weighted by atomic mass is 10.2. The monoisotopic (exact) mass is 235 g/mol. The third kappa shape index (κ3) is 4.53. The fourth-order valence-corrected chi connectivity index (χ4v) is 1.62. The van der Waals surface area contributed by atoms with E-state index < -0.39 is 0 Å². The van der Waals surface area contributed by atoms with Gasteiger partial charge >= 0.3 is 0 Å². The number of nitrogens with zero attached hydrogens (tertiary/aromatic N) is 2. The minimum Gasteiger partial charge on any atom is -0.336 e. The predicted octanol–water partition coefficient (Wildman–Crippen LogP) is 1.43. The predicted molar refractivity (Wildman–Crippen MR) is 68.5 cm³/mol. The Bertz CT molecular complexity index is 338. The van der Waals surface area contributed by atoms with Gasteiger partial charge in [0.2, 0.25) is 5.91 Å². The van der Waals surface area contributed by atoms with Gasteiger partial charge in [-0.1, -0.05) is 6.07 Å². The van der Waals surface area contributed by atoms with Gasteiger partial charge in [-0.15, -0.1) is 0 Å². The second kappa shape index (κ2) is 7.01. The van der Waals surface area contributed by atoms with E-state index in [2.05, 4.69) is 10.3 Å². The summed E-state index contributed by atoms with van der Waals surface area (Å²) in [6.45, 7) is 5.42. The zero-order chi connectivity index (χ0) is 12.7. The number of hydrogen-bond acceptors (Lipinski definition) is 3. The van der Waals surface area contributed by atoms with Crippen LogP contribution in [0, 0.1) is 0 Å². The van der Waals surface area contributed by atoms with Gasteiger partial charge in [-0.2, -0.15) is 0 Å². The van der Waals surface area contributed by atoms with E-state index in [4.69, 9.17) is 0 Å². The second-order valence-electron chi connectivity index (χ2n) is 4.33. The van der Waals surface area contributed by atoms with Gasteiger partial charge in [0.1, 0.15) is 0 Å². The number of rotatable bonds is 6.